The molecule has 0 aromatic rings. The maximum atomic E-state index is 12.4. The molecule has 0 bridgehead atoms. The quantitative estimate of drug-likeness (QED) is 0.715. The van der Waals surface area contributed by atoms with Gasteiger partial charge in [0.05, 0.1) is 19.7 Å². The van der Waals surface area contributed by atoms with Crippen molar-refractivity contribution in [3.63, 3.8) is 0 Å². The first-order chi connectivity index (χ1) is 9.58. The van der Waals surface area contributed by atoms with Gasteiger partial charge in [0.25, 0.3) is 0 Å². The molecule has 1 saturated heterocycles. The Balaban J connectivity index is 2.56. The molecule has 0 aliphatic carbocycles. The number of ether oxygens (including phenoxy) is 1. The highest BCUT2D eigenvalue weighted by Gasteiger charge is 2.26. The number of nitrogens with zero attached hydrogens (tertiary/aromatic N) is 2. The van der Waals surface area contributed by atoms with Crippen molar-refractivity contribution in [2.45, 2.75) is 38.6 Å². The SMILES string of the molecule is CCC1CCCCN1C(=O)CN(CCOC)CC(=O)O. The first kappa shape index (κ1) is 16.9. The number of carbonyl (C=O) groups is 2. The van der Waals surface area contributed by atoms with E-state index in [1.807, 2.05) is 4.90 Å². The lowest BCUT2D eigenvalue weighted by Crippen LogP contribution is -2.49. The molecule has 6 nitrogen and oxygen atoms in total. The third kappa shape index (κ3) is 5.46. The average molecular weight is 286 g/mol. The highest BCUT2D eigenvalue weighted by molar-refractivity contribution is 5.79. The number of carbonyl (C=O) groups excluding carboxylic acids is 1. The van der Waals surface area contributed by atoms with E-state index >= 15 is 0 Å². The molecular formula is C14H26N2O4. The molecule has 1 atom stereocenters. The van der Waals surface area contributed by atoms with Crippen molar-refractivity contribution in [3.8, 4) is 0 Å². The Bertz CT molecular complexity index is 322. The molecule has 116 valence electrons. The Labute approximate surface area is 120 Å². The molecule has 0 aromatic carbocycles. The summed E-state index contributed by atoms with van der Waals surface area (Å²) in [7, 11) is 1.57. The average Bonchev–Trinajstić information content (AvgIpc) is 2.44. The summed E-state index contributed by atoms with van der Waals surface area (Å²) in [6.45, 7) is 3.81. The summed E-state index contributed by atoms with van der Waals surface area (Å²) in [5.74, 6) is -0.881. The Morgan fingerprint density at radius 1 is 1.35 bits per heavy atom. The maximum absolute atomic E-state index is 12.4. The second kappa shape index (κ2) is 8.92. The van der Waals surface area contributed by atoms with Crippen molar-refractivity contribution in [1.82, 2.24) is 9.80 Å². The van der Waals surface area contributed by atoms with Gasteiger partial charge in [0.2, 0.25) is 5.91 Å². The van der Waals surface area contributed by atoms with Gasteiger partial charge in [0.15, 0.2) is 0 Å². The first-order valence-electron chi connectivity index (χ1n) is 7.31. The summed E-state index contributed by atoms with van der Waals surface area (Å²) in [4.78, 5) is 26.8. The van der Waals surface area contributed by atoms with Gasteiger partial charge >= 0.3 is 5.97 Å². The van der Waals surface area contributed by atoms with Gasteiger partial charge in [-0.1, -0.05) is 6.92 Å². The minimum atomic E-state index is -0.917. The minimum Gasteiger partial charge on any atom is -0.480 e. The maximum Gasteiger partial charge on any atom is 0.317 e. The first-order valence-corrected chi connectivity index (χ1v) is 7.31. The zero-order valence-electron chi connectivity index (χ0n) is 12.5. The molecule has 0 radical (unpaired) electrons. The zero-order valence-corrected chi connectivity index (χ0v) is 12.5. The number of piperidine rings is 1. The van der Waals surface area contributed by atoms with Gasteiger partial charge in [0.1, 0.15) is 0 Å². The van der Waals surface area contributed by atoms with Crippen LogP contribution in [0.2, 0.25) is 0 Å². The second-order valence-corrected chi connectivity index (χ2v) is 5.24. The molecule has 0 saturated carbocycles. The predicted molar refractivity (Wildman–Crippen MR) is 75.6 cm³/mol. The normalized spacial score (nSPS) is 19.4. The van der Waals surface area contributed by atoms with E-state index in [9.17, 15) is 9.59 Å². The van der Waals surface area contributed by atoms with Gasteiger partial charge in [0, 0.05) is 26.2 Å². The molecule has 1 rings (SSSR count). The van der Waals surface area contributed by atoms with E-state index < -0.39 is 5.97 Å². The van der Waals surface area contributed by atoms with Crippen molar-refractivity contribution < 1.29 is 19.4 Å². The van der Waals surface area contributed by atoms with Crippen LogP contribution in [0.4, 0.5) is 0 Å². The Kier molecular flexibility index (Phi) is 7.54. The molecule has 1 amide bonds. The summed E-state index contributed by atoms with van der Waals surface area (Å²) < 4.78 is 4.96. The van der Waals surface area contributed by atoms with Gasteiger partial charge in [-0.05, 0) is 25.7 Å². The lowest BCUT2D eigenvalue weighted by molar-refractivity contribution is -0.141. The number of hydrogen-bond acceptors (Lipinski definition) is 4. The summed E-state index contributed by atoms with van der Waals surface area (Å²) in [5.41, 5.74) is 0. The Morgan fingerprint density at radius 2 is 2.10 bits per heavy atom. The standard InChI is InChI=1S/C14H26N2O4/c1-3-12-6-4-5-7-16(12)13(17)10-15(8-9-20-2)11-14(18)19/h12H,3-11H2,1-2H3,(H,18,19). The topological polar surface area (TPSA) is 70.1 Å². The molecule has 6 heteroatoms. The van der Waals surface area contributed by atoms with Crippen LogP contribution in [0.25, 0.3) is 0 Å². The van der Waals surface area contributed by atoms with Crippen LogP contribution in [0.15, 0.2) is 0 Å². The zero-order chi connectivity index (χ0) is 15.0. The summed E-state index contributed by atoms with van der Waals surface area (Å²) >= 11 is 0. The molecule has 1 N–H and O–H groups in total. The lowest BCUT2D eigenvalue weighted by Gasteiger charge is -2.36. The minimum absolute atomic E-state index is 0.0360. The monoisotopic (exact) mass is 286 g/mol. The van der Waals surface area contributed by atoms with Crippen LogP contribution < -0.4 is 0 Å². The summed E-state index contributed by atoms with van der Waals surface area (Å²) in [6, 6.07) is 0.311. The summed E-state index contributed by atoms with van der Waals surface area (Å²) in [5, 5.41) is 8.90. The van der Waals surface area contributed by atoms with Crippen LogP contribution in [0.1, 0.15) is 32.6 Å². The number of carboxylic acid groups (broad SMARTS) is 1. The molecule has 0 spiro atoms. The van der Waals surface area contributed by atoms with Gasteiger partial charge in [-0.3, -0.25) is 14.5 Å². The third-order valence-corrected chi connectivity index (χ3v) is 3.75. The number of amides is 1. The molecular weight excluding hydrogens is 260 g/mol. The third-order valence-electron chi connectivity index (χ3n) is 3.75. The number of likely N-dealkylation sites (tertiary alicyclic amines) is 1. The summed E-state index contributed by atoms with van der Waals surface area (Å²) in [6.07, 6.45) is 4.23. The second-order valence-electron chi connectivity index (χ2n) is 5.24. The van der Waals surface area contributed by atoms with E-state index in [1.165, 1.54) is 6.42 Å². The van der Waals surface area contributed by atoms with Gasteiger partial charge in [-0.15, -0.1) is 0 Å². The molecule has 1 fully saturated rings. The fraction of sp³-hybridized carbons (Fsp3) is 0.857. The van der Waals surface area contributed by atoms with Crippen molar-refractivity contribution in [1.29, 1.82) is 0 Å². The van der Waals surface area contributed by atoms with Crippen molar-refractivity contribution in [2.24, 2.45) is 0 Å². The van der Waals surface area contributed by atoms with Crippen LogP contribution in [-0.4, -0.2) is 72.7 Å². The van der Waals surface area contributed by atoms with E-state index in [-0.39, 0.29) is 19.0 Å². The van der Waals surface area contributed by atoms with Gasteiger partial charge in [-0.2, -0.15) is 0 Å². The van der Waals surface area contributed by atoms with Crippen LogP contribution in [0, 0.1) is 0 Å². The van der Waals surface area contributed by atoms with Crippen LogP contribution in [0.3, 0.4) is 0 Å². The molecule has 1 unspecified atom stereocenters. The van der Waals surface area contributed by atoms with Crippen molar-refractivity contribution in [3.05, 3.63) is 0 Å². The molecule has 1 heterocycles. The van der Waals surface area contributed by atoms with Gasteiger partial charge < -0.3 is 14.7 Å². The van der Waals surface area contributed by atoms with Crippen LogP contribution in [0.5, 0.6) is 0 Å². The van der Waals surface area contributed by atoms with Crippen LogP contribution in [-0.2, 0) is 14.3 Å². The molecule has 20 heavy (non-hydrogen) atoms. The van der Waals surface area contributed by atoms with E-state index in [0.717, 1.165) is 25.8 Å². The van der Waals surface area contributed by atoms with E-state index in [0.29, 0.717) is 19.2 Å². The number of aliphatic carboxylic acids is 1. The Morgan fingerprint density at radius 3 is 2.70 bits per heavy atom. The Hall–Kier alpha value is -1.14. The van der Waals surface area contributed by atoms with Gasteiger partial charge in [-0.25, -0.2) is 0 Å². The van der Waals surface area contributed by atoms with E-state index in [2.05, 4.69) is 6.92 Å². The number of hydrogen-bond donors (Lipinski definition) is 1. The largest absolute Gasteiger partial charge is 0.480 e. The highest BCUT2D eigenvalue weighted by atomic mass is 16.5. The van der Waals surface area contributed by atoms with Crippen molar-refractivity contribution in [2.75, 3.05) is 39.9 Å². The van der Waals surface area contributed by atoms with Crippen LogP contribution >= 0.6 is 0 Å². The van der Waals surface area contributed by atoms with Crippen molar-refractivity contribution >= 4 is 11.9 Å². The van der Waals surface area contributed by atoms with E-state index in [4.69, 9.17) is 9.84 Å². The molecule has 1 aliphatic heterocycles. The smallest absolute Gasteiger partial charge is 0.317 e. The number of rotatable bonds is 8. The highest BCUT2D eigenvalue weighted by Crippen LogP contribution is 2.19. The molecule has 1 aliphatic rings. The fourth-order valence-electron chi connectivity index (χ4n) is 2.66. The molecule has 0 aromatic heterocycles. The predicted octanol–water partition coefficient (Wildman–Crippen LogP) is 0.811. The number of carboxylic acids is 1. The fourth-order valence-corrected chi connectivity index (χ4v) is 2.66. The lowest BCUT2D eigenvalue weighted by atomic mass is 10.00. The number of methoxy groups -OCH3 is 1. The van der Waals surface area contributed by atoms with E-state index in [1.54, 1.807) is 12.0 Å².